The fraction of sp³-hybridized carbons (Fsp3) is 0.429. The van der Waals surface area contributed by atoms with Gasteiger partial charge in [0.25, 0.3) is 0 Å². The zero-order valence-electron chi connectivity index (χ0n) is 15.5. The summed E-state index contributed by atoms with van der Waals surface area (Å²) in [5, 5.41) is 0. The van der Waals surface area contributed by atoms with E-state index in [1.807, 2.05) is 0 Å². The third-order valence-electron chi connectivity index (χ3n) is 6.03. The van der Waals surface area contributed by atoms with E-state index in [9.17, 15) is 0 Å². The Labute approximate surface area is 174 Å². The SMILES string of the molecule is CC(Cc1ccccc1)[N+]1(C)CC[N+](C)(c2ccccc2)CC1.[Br-].[Br-]. The van der Waals surface area contributed by atoms with E-state index in [1.165, 1.54) is 48.3 Å². The Hall–Kier alpha value is -0.680. The van der Waals surface area contributed by atoms with Crippen LogP contribution >= 0.6 is 0 Å². The number of hydrogen-bond donors (Lipinski definition) is 0. The van der Waals surface area contributed by atoms with Crippen LogP contribution in [-0.2, 0) is 6.42 Å². The molecule has 25 heavy (non-hydrogen) atoms. The van der Waals surface area contributed by atoms with Crippen molar-refractivity contribution in [3.05, 3.63) is 66.2 Å². The molecule has 0 saturated carbocycles. The Kier molecular flexibility index (Phi) is 8.33. The molecule has 2 aromatic rings. The van der Waals surface area contributed by atoms with E-state index in [0.29, 0.717) is 6.04 Å². The van der Waals surface area contributed by atoms with Gasteiger partial charge in [0.15, 0.2) is 0 Å². The van der Waals surface area contributed by atoms with Gasteiger partial charge in [-0.15, -0.1) is 0 Å². The monoisotopic (exact) mass is 468 g/mol. The molecule has 2 aromatic carbocycles. The highest BCUT2D eigenvalue weighted by molar-refractivity contribution is 5.42. The average Bonchev–Trinajstić information content (AvgIpc) is 2.59. The number of quaternary nitrogens is 2. The first-order chi connectivity index (χ1) is 11.0. The molecule has 1 fully saturated rings. The lowest BCUT2D eigenvalue weighted by atomic mass is 10.0. The van der Waals surface area contributed by atoms with Gasteiger partial charge in [-0.05, 0) is 24.6 Å². The Morgan fingerprint density at radius 1 is 0.760 bits per heavy atom. The van der Waals surface area contributed by atoms with Crippen molar-refractivity contribution in [2.75, 3.05) is 40.3 Å². The molecule has 1 saturated heterocycles. The molecule has 0 N–H and O–H groups in total. The molecule has 0 aromatic heterocycles. The molecule has 0 bridgehead atoms. The van der Waals surface area contributed by atoms with Crippen molar-refractivity contribution in [1.29, 1.82) is 0 Å². The quantitative estimate of drug-likeness (QED) is 0.443. The fourth-order valence-corrected chi connectivity index (χ4v) is 3.78. The van der Waals surface area contributed by atoms with Gasteiger partial charge >= 0.3 is 0 Å². The molecule has 1 heterocycles. The van der Waals surface area contributed by atoms with Crippen LogP contribution in [0.3, 0.4) is 0 Å². The number of nitrogens with zero attached hydrogens (tertiary/aromatic N) is 2. The summed E-state index contributed by atoms with van der Waals surface area (Å²) in [6.07, 6.45) is 1.17. The minimum absolute atomic E-state index is 0. The zero-order valence-corrected chi connectivity index (χ0v) is 18.7. The predicted molar refractivity (Wildman–Crippen MR) is 99.4 cm³/mol. The van der Waals surface area contributed by atoms with Crippen LogP contribution in [-0.4, -0.2) is 50.8 Å². The van der Waals surface area contributed by atoms with Gasteiger partial charge in [0, 0.05) is 6.42 Å². The molecule has 0 radical (unpaired) electrons. The lowest BCUT2D eigenvalue weighted by molar-refractivity contribution is -0.934. The summed E-state index contributed by atoms with van der Waals surface area (Å²) < 4.78 is 2.27. The summed E-state index contributed by atoms with van der Waals surface area (Å²) in [7, 11) is 4.84. The third kappa shape index (κ3) is 5.16. The average molecular weight is 470 g/mol. The van der Waals surface area contributed by atoms with E-state index in [0.717, 1.165) is 4.48 Å². The van der Waals surface area contributed by atoms with Crippen LogP contribution in [0.4, 0.5) is 5.69 Å². The molecule has 1 aliphatic rings. The Bertz CT molecular complexity index is 623. The predicted octanol–water partition coefficient (Wildman–Crippen LogP) is -2.28. The first-order valence-electron chi connectivity index (χ1n) is 8.80. The lowest BCUT2D eigenvalue weighted by Crippen LogP contribution is -3.00. The van der Waals surface area contributed by atoms with Crippen LogP contribution in [0.1, 0.15) is 12.5 Å². The highest BCUT2D eigenvalue weighted by Crippen LogP contribution is 2.27. The fourth-order valence-electron chi connectivity index (χ4n) is 3.78. The molecule has 0 amide bonds. The highest BCUT2D eigenvalue weighted by Gasteiger charge is 2.41. The van der Waals surface area contributed by atoms with Gasteiger partial charge in [0.2, 0.25) is 0 Å². The van der Waals surface area contributed by atoms with E-state index in [4.69, 9.17) is 0 Å². The van der Waals surface area contributed by atoms with Crippen LogP contribution < -0.4 is 38.4 Å². The molecule has 0 aliphatic carbocycles. The second-order valence-electron chi connectivity index (χ2n) is 7.64. The topological polar surface area (TPSA) is 0 Å². The second kappa shape index (κ2) is 9.31. The summed E-state index contributed by atoms with van der Waals surface area (Å²) in [5.41, 5.74) is 2.92. The summed E-state index contributed by atoms with van der Waals surface area (Å²) in [4.78, 5) is 0. The van der Waals surface area contributed by atoms with E-state index in [-0.39, 0.29) is 34.0 Å². The summed E-state index contributed by atoms with van der Waals surface area (Å²) in [6.45, 7) is 7.36. The van der Waals surface area contributed by atoms with Crippen molar-refractivity contribution in [3.63, 3.8) is 0 Å². The highest BCUT2D eigenvalue weighted by atomic mass is 79.9. The molecule has 1 aliphatic heterocycles. The van der Waals surface area contributed by atoms with E-state index >= 15 is 0 Å². The number of benzene rings is 2. The smallest absolute Gasteiger partial charge is 0.133 e. The number of rotatable bonds is 4. The first-order valence-corrected chi connectivity index (χ1v) is 8.80. The van der Waals surface area contributed by atoms with Crippen molar-refractivity contribution < 1.29 is 38.4 Å². The zero-order chi connectivity index (χ0) is 16.3. The maximum absolute atomic E-state index is 2.45. The lowest BCUT2D eigenvalue weighted by Gasteiger charge is -2.48. The maximum atomic E-state index is 2.45. The molecule has 1 atom stereocenters. The Balaban J connectivity index is 0.00000156. The third-order valence-corrected chi connectivity index (χ3v) is 6.03. The normalized spacial score (nSPS) is 26.8. The number of hydrogen-bond acceptors (Lipinski definition) is 0. The first kappa shape index (κ1) is 22.4. The summed E-state index contributed by atoms with van der Waals surface area (Å²) in [6, 6.07) is 22.6. The minimum atomic E-state index is 0. The van der Waals surface area contributed by atoms with Gasteiger partial charge in [-0.1, -0.05) is 48.5 Å². The van der Waals surface area contributed by atoms with Gasteiger partial charge in [0.1, 0.15) is 31.9 Å². The van der Waals surface area contributed by atoms with Crippen LogP contribution in [0.5, 0.6) is 0 Å². The van der Waals surface area contributed by atoms with Crippen LogP contribution in [0.15, 0.2) is 60.7 Å². The maximum Gasteiger partial charge on any atom is 0.133 e. The molecular formula is C21H30Br2N2. The molecule has 0 spiro atoms. The van der Waals surface area contributed by atoms with Crippen molar-refractivity contribution >= 4 is 5.69 Å². The minimum Gasteiger partial charge on any atom is -1.00 e. The van der Waals surface area contributed by atoms with Crippen LogP contribution in [0.25, 0.3) is 0 Å². The molecule has 3 rings (SSSR count). The van der Waals surface area contributed by atoms with E-state index in [1.54, 1.807) is 0 Å². The number of halogens is 2. The van der Waals surface area contributed by atoms with Gasteiger partial charge < -0.3 is 38.4 Å². The summed E-state index contributed by atoms with van der Waals surface area (Å²) >= 11 is 0. The Morgan fingerprint density at radius 3 is 1.76 bits per heavy atom. The van der Waals surface area contributed by atoms with E-state index < -0.39 is 0 Å². The molecule has 138 valence electrons. The van der Waals surface area contributed by atoms with Crippen molar-refractivity contribution in [2.24, 2.45) is 0 Å². The number of para-hydroxylation sites is 1. The summed E-state index contributed by atoms with van der Waals surface area (Å²) in [5.74, 6) is 0. The van der Waals surface area contributed by atoms with E-state index in [2.05, 4.69) is 81.7 Å². The molecule has 2 nitrogen and oxygen atoms in total. The van der Waals surface area contributed by atoms with Crippen LogP contribution in [0.2, 0.25) is 0 Å². The van der Waals surface area contributed by atoms with Gasteiger partial charge in [-0.25, -0.2) is 0 Å². The van der Waals surface area contributed by atoms with Crippen LogP contribution in [0, 0.1) is 0 Å². The van der Waals surface area contributed by atoms with Gasteiger partial charge in [-0.2, -0.15) is 0 Å². The van der Waals surface area contributed by atoms with Crippen molar-refractivity contribution in [1.82, 2.24) is 4.48 Å². The standard InChI is InChI=1S/C21H30N2.2BrH/c1-19(18-20-10-6-4-7-11-20)22(2)14-16-23(3,17-15-22)21-12-8-5-9-13-21;;/h4-13,19H,14-18H2,1-3H3;2*1H/q+2;;/p-2. The Morgan fingerprint density at radius 2 is 1.24 bits per heavy atom. The molecule has 4 heteroatoms. The molecule has 1 unspecified atom stereocenters. The van der Waals surface area contributed by atoms with Crippen molar-refractivity contribution in [3.8, 4) is 0 Å². The number of likely N-dealkylation sites (N-methyl/N-ethyl adjacent to an activating group) is 2. The van der Waals surface area contributed by atoms with Gasteiger partial charge in [0.05, 0.1) is 20.1 Å². The van der Waals surface area contributed by atoms with Gasteiger partial charge in [-0.3, -0.25) is 4.48 Å². The number of piperazine rings is 1. The second-order valence-corrected chi connectivity index (χ2v) is 7.64. The van der Waals surface area contributed by atoms with Crippen molar-refractivity contribution in [2.45, 2.75) is 19.4 Å². The largest absolute Gasteiger partial charge is 1.00 e. The molecular weight excluding hydrogens is 440 g/mol.